The number of fused-ring (bicyclic) bond motifs is 1. The van der Waals surface area contributed by atoms with Gasteiger partial charge in [0.05, 0.1) is 29.0 Å². The fourth-order valence-corrected chi connectivity index (χ4v) is 4.77. The molecule has 0 radical (unpaired) electrons. The van der Waals surface area contributed by atoms with Crippen molar-refractivity contribution in [3.8, 4) is 11.4 Å². The molecule has 4 rings (SSSR count). The van der Waals surface area contributed by atoms with Gasteiger partial charge in [0.1, 0.15) is 5.75 Å². The van der Waals surface area contributed by atoms with Crippen molar-refractivity contribution in [2.45, 2.75) is 50.2 Å². The van der Waals surface area contributed by atoms with Crippen LogP contribution in [0.1, 0.15) is 39.0 Å². The van der Waals surface area contributed by atoms with E-state index in [0.717, 1.165) is 18.6 Å². The molecule has 1 aliphatic rings. The minimum Gasteiger partial charge on any atom is -0.494 e. The van der Waals surface area contributed by atoms with Crippen LogP contribution < -0.4 is 15.6 Å². The van der Waals surface area contributed by atoms with E-state index in [4.69, 9.17) is 9.72 Å². The van der Waals surface area contributed by atoms with Crippen LogP contribution in [-0.2, 0) is 4.79 Å². The minimum atomic E-state index is -0.148. The molecule has 0 bridgehead atoms. The number of hydrogen-bond donors (Lipinski definition) is 1. The van der Waals surface area contributed by atoms with Crippen LogP contribution in [-0.4, -0.2) is 33.9 Å². The monoisotopic (exact) mass is 437 g/mol. The maximum absolute atomic E-state index is 13.3. The SMILES string of the molecule is CCOc1ccc(-n2c(SCC(=O)NC3CCCCC3)nc3ccccc3c2=O)cc1. The van der Waals surface area contributed by atoms with Gasteiger partial charge in [0, 0.05) is 6.04 Å². The Labute approximate surface area is 186 Å². The summed E-state index contributed by atoms with van der Waals surface area (Å²) in [6.07, 6.45) is 5.67. The van der Waals surface area contributed by atoms with E-state index < -0.39 is 0 Å². The molecule has 7 heteroatoms. The number of ether oxygens (including phenoxy) is 1. The first-order valence-corrected chi connectivity index (χ1v) is 11.8. The number of carbonyl (C=O) groups is 1. The molecule has 162 valence electrons. The molecule has 0 atom stereocenters. The van der Waals surface area contributed by atoms with Crippen LogP contribution in [0, 0.1) is 0 Å². The van der Waals surface area contributed by atoms with Gasteiger partial charge in [-0.05, 0) is 56.2 Å². The predicted molar refractivity (Wildman–Crippen MR) is 124 cm³/mol. The van der Waals surface area contributed by atoms with Gasteiger partial charge in [-0.2, -0.15) is 0 Å². The quantitative estimate of drug-likeness (QED) is 0.440. The van der Waals surface area contributed by atoms with E-state index in [1.54, 1.807) is 10.6 Å². The van der Waals surface area contributed by atoms with E-state index in [1.165, 1.54) is 31.0 Å². The number of carbonyl (C=O) groups excluding carboxylic acids is 1. The lowest BCUT2D eigenvalue weighted by Crippen LogP contribution is -2.37. The molecule has 6 nitrogen and oxygen atoms in total. The van der Waals surface area contributed by atoms with Gasteiger partial charge in [0.15, 0.2) is 5.16 Å². The normalized spacial score (nSPS) is 14.5. The van der Waals surface area contributed by atoms with Crippen molar-refractivity contribution in [3.63, 3.8) is 0 Å². The Morgan fingerprint density at radius 2 is 1.87 bits per heavy atom. The topological polar surface area (TPSA) is 73.2 Å². The number of hydrogen-bond acceptors (Lipinski definition) is 5. The molecule has 2 aromatic carbocycles. The third-order valence-electron chi connectivity index (χ3n) is 5.45. The smallest absolute Gasteiger partial charge is 0.266 e. The molecule has 1 aromatic heterocycles. The Balaban J connectivity index is 1.62. The van der Waals surface area contributed by atoms with E-state index in [1.807, 2.05) is 49.4 Å². The molecule has 3 aromatic rings. The largest absolute Gasteiger partial charge is 0.494 e. The number of benzene rings is 2. The van der Waals surface area contributed by atoms with Crippen molar-refractivity contribution in [2.24, 2.45) is 0 Å². The Morgan fingerprint density at radius 1 is 1.13 bits per heavy atom. The van der Waals surface area contributed by atoms with Crippen LogP contribution in [0.2, 0.25) is 0 Å². The molecule has 1 amide bonds. The lowest BCUT2D eigenvalue weighted by atomic mass is 9.95. The number of rotatable bonds is 7. The Hall–Kier alpha value is -2.80. The van der Waals surface area contributed by atoms with Gasteiger partial charge in [-0.1, -0.05) is 43.2 Å². The summed E-state index contributed by atoms with van der Waals surface area (Å²) < 4.78 is 7.10. The second kappa shape index (κ2) is 10.0. The lowest BCUT2D eigenvalue weighted by Gasteiger charge is -2.22. The zero-order chi connectivity index (χ0) is 21.6. The molecular formula is C24H27N3O3S. The Morgan fingerprint density at radius 3 is 2.61 bits per heavy atom. The summed E-state index contributed by atoms with van der Waals surface area (Å²) in [5.74, 6) is 0.949. The summed E-state index contributed by atoms with van der Waals surface area (Å²) >= 11 is 1.29. The molecule has 1 fully saturated rings. The van der Waals surface area contributed by atoms with Gasteiger partial charge in [0.25, 0.3) is 5.56 Å². The third-order valence-corrected chi connectivity index (χ3v) is 6.39. The number of nitrogens with zero attached hydrogens (tertiary/aromatic N) is 2. The molecule has 31 heavy (non-hydrogen) atoms. The van der Waals surface area contributed by atoms with Crippen LogP contribution in [0.5, 0.6) is 5.75 Å². The van der Waals surface area contributed by atoms with Gasteiger partial charge in [-0.3, -0.25) is 14.2 Å². The molecule has 0 spiro atoms. The fraction of sp³-hybridized carbons (Fsp3) is 0.375. The number of thioether (sulfide) groups is 1. The van der Waals surface area contributed by atoms with Gasteiger partial charge in [0.2, 0.25) is 5.91 Å². The van der Waals surface area contributed by atoms with Gasteiger partial charge >= 0.3 is 0 Å². The number of aromatic nitrogens is 2. The minimum absolute atomic E-state index is 0.0162. The standard InChI is InChI=1S/C24H27N3O3S/c1-2-30-19-14-12-18(13-15-19)27-23(29)20-10-6-7-11-21(20)26-24(27)31-16-22(28)25-17-8-4-3-5-9-17/h6-7,10-15,17H,2-5,8-9,16H2,1H3,(H,25,28). The zero-order valence-electron chi connectivity index (χ0n) is 17.7. The highest BCUT2D eigenvalue weighted by molar-refractivity contribution is 7.99. The summed E-state index contributed by atoms with van der Waals surface area (Å²) in [6.45, 7) is 2.51. The second-order valence-electron chi connectivity index (χ2n) is 7.67. The van der Waals surface area contributed by atoms with Gasteiger partial charge < -0.3 is 10.1 Å². The van der Waals surface area contributed by atoms with Crippen LogP contribution in [0.25, 0.3) is 16.6 Å². The second-order valence-corrected chi connectivity index (χ2v) is 8.61. The van der Waals surface area contributed by atoms with E-state index in [0.29, 0.717) is 28.4 Å². The van der Waals surface area contributed by atoms with Crippen LogP contribution in [0.15, 0.2) is 58.5 Å². The van der Waals surface area contributed by atoms with Crippen LogP contribution >= 0.6 is 11.8 Å². The average Bonchev–Trinajstić information content (AvgIpc) is 2.79. The highest BCUT2D eigenvalue weighted by atomic mass is 32.2. The van der Waals surface area contributed by atoms with Crippen molar-refractivity contribution in [2.75, 3.05) is 12.4 Å². The maximum atomic E-state index is 13.3. The molecule has 0 saturated heterocycles. The van der Waals surface area contributed by atoms with E-state index in [2.05, 4.69) is 5.32 Å². The summed E-state index contributed by atoms with van der Waals surface area (Å²) in [5, 5.41) is 4.18. The number of para-hydroxylation sites is 1. The van der Waals surface area contributed by atoms with Crippen molar-refractivity contribution < 1.29 is 9.53 Å². The van der Waals surface area contributed by atoms with Crippen LogP contribution in [0.3, 0.4) is 0 Å². The number of amides is 1. The van der Waals surface area contributed by atoms with Crippen LogP contribution in [0.4, 0.5) is 0 Å². The van der Waals surface area contributed by atoms with Crippen molar-refractivity contribution in [1.82, 2.24) is 14.9 Å². The molecule has 1 aliphatic carbocycles. The molecule has 1 saturated carbocycles. The summed E-state index contributed by atoms with van der Waals surface area (Å²) in [6, 6.07) is 14.9. The molecule has 1 heterocycles. The maximum Gasteiger partial charge on any atom is 0.266 e. The Kier molecular flexibility index (Phi) is 6.92. The molecule has 0 unspecified atom stereocenters. The predicted octanol–water partition coefficient (Wildman–Crippen LogP) is 4.33. The van der Waals surface area contributed by atoms with E-state index in [-0.39, 0.29) is 23.3 Å². The molecule has 1 N–H and O–H groups in total. The van der Waals surface area contributed by atoms with Crippen molar-refractivity contribution >= 4 is 28.6 Å². The first-order valence-electron chi connectivity index (χ1n) is 10.8. The summed E-state index contributed by atoms with van der Waals surface area (Å²) in [5.41, 5.74) is 1.18. The number of nitrogens with one attached hydrogen (secondary N) is 1. The first-order chi connectivity index (χ1) is 15.2. The summed E-state index contributed by atoms with van der Waals surface area (Å²) in [4.78, 5) is 30.5. The van der Waals surface area contributed by atoms with Gasteiger partial charge in [-0.25, -0.2) is 4.98 Å². The molecular weight excluding hydrogens is 410 g/mol. The molecule has 0 aliphatic heterocycles. The highest BCUT2D eigenvalue weighted by Crippen LogP contribution is 2.23. The van der Waals surface area contributed by atoms with E-state index in [9.17, 15) is 9.59 Å². The Bertz CT molecular complexity index is 1110. The lowest BCUT2D eigenvalue weighted by molar-refractivity contribution is -0.119. The van der Waals surface area contributed by atoms with Crippen molar-refractivity contribution in [1.29, 1.82) is 0 Å². The third kappa shape index (κ3) is 5.10. The first kappa shape index (κ1) is 21.4. The van der Waals surface area contributed by atoms with Gasteiger partial charge in [-0.15, -0.1) is 0 Å². The highest BCUT2D eigenvalue weighted by Gasteiger charge is 2.18. The fourth-order valence-electron chi connectivity index (χ4n) is 3.94. The summed E-state index contributed by atoms with van der Waals surface area (Å²) in [7, 11) is 0. The van der Waals surface area contributed by atoms with Crippen molar-refractivity contribution in [3.05, 3.63) is 58.9 Å². The zero-order valence-corrected chi connectivity index (χ0v) is 18.5. The average molecular weight is 438 g/mol. The van der Waals surface area contributed by atoms with E-state index >= 15 is 0 Å².